The Kier molecular flexibility index (Phi) is 4.08. The second kappa shape index (κ2) is 5.80. The molecule has 0 spiro atoms. The van der Waals surface area contributed by atoms with Crippen LogP contribution in [0.2, 0.25) is 0 Å². The summed E-state index contributed by atoms with van der Waals surface area (Å²) in [6.07, 6.45) is 6.15. The third kappa shape index (κ3) is 2.79. The molecule has 3 unspecified atom stereocenters. The molecular weight excluding hydrogens is 240 g/mol. The zero-order valence-corrected chi connectivity index (χ0v) is 11.8. The highest BCUT2D eigenvalue weighted by Crippen LogP contribution is 2.48. The lowest BCUT2D eigenvalue weighted by molar-refractivity contribution is -0.137. The molecule has 19 heavy (non-hydrogen) atoms. The lowest BCUT2D eigenvalue weighted by Crippen LogP contribution is -2.40. The number of aliphatic hydroxyl groups excluding tert-OH is 1. The molecule has 1 amide bonds. The van der Waals surface area contributed by atoms with Gasteiger partial charge in [0, 0.05) is 32.1 Å². The molecule has 3 fully saturated rings. The van der Waals surface area contributed by atoms with Crippen LogP contribution in [0.1, 0.15) is 32.1 Å². The maximum Gasteiger partial charge on any atom is 0.226 e. The number of nitrogens with zero attached hydrogens (tertiary/aromatic N) is 2. The Morgan fingerprint density at radius 3 is 2.68 bits per heavy atom. The number of hydrogen-bond donors (Lipinski definition) is 1. The number of fused-ring (bicyclic) bond motifs is 2. The molecule has 0 aromatic heterocycles. The lowest BCUT2D eigenvalue weighted by atomic mass is 9.87. The number of carbonyl (C=O) groups is 1. The Morgan fingerprint density at radius 2 is 2.00 bits per heavy atom. The van der Waals surface area contributed by atoms with E-state index < -0.39 is 0 Å². The Bertz CT molecular complexity index is 334. The number of amides is 1. The van der Waals surface area contributed by atoms with E-state index in [4.69, 9.17) is 5.11 Å². The summed E-state index contributed by atoms with van der Waals surface area (Å²) >= 11 is 0. The quantitative estimate of drug-likeness (QED) is 0.827. The van der Waals surface area contributed by atoms with Crippen molar-refractivity contribution in [1.82, 2.24) is 9.80 Å². The first-order chi connectivity index (χ1) is 9.28. The third-order valence-electron chi connectivity index (χ3n) is 5.37. The summed E-state index contributed by atoms with van der Waals surface area (Å²) in [4.78, 5) is 17.0. The van der Waals surface area contributed by atoms with E-state index in [0.29, 0.717) is 17.7 Å². The van der Waals surface area contributed by atoms with Crippen LogP contribution in [0.4, 0.5) is 0 Å². The molecule has 0 aromatic carbocycles. The predicted molar refractivity (Wildman–Crippen MR) is 73.7 cm³/mol. The maximum absolute atomic E-state index is 12.7. The largest absolute Gasteiger partial charge is 0.395 e. The SMILES string of the molecule is O=C(C1CC2CCC1C2)N1CCCN(CCO)CC1. The molecule has 108 valence electrons. The molecule has 0 radical (unpaired) electrons. The van der Waals surface area contributed by atoms with E-state index in [1.165, 1.54) is 19.3 Å². The van der Waals surface area contributed by atoms with Crippen molar-refractivity contribution < 1.29 is 9.90 Å². The van der Waals surface area contributed by atoms with Gasteiger partial charge in [-0.1, -0.05) is 6.42 Å². The Hall–Kier alpha value is -0.610. The molecule has 3 aliphatic rings. The second-order valence-corrected chi connectivity index (χ2v) is 6.53. The normalized spacial score (nSPS) is 35.6. The van der Waals surface area contributed by atoms with Crippen molar-refractivity contribution in [2.24, 2.45) is 17.8 Å². The Labute approximate surface area is 115 Å². The van der Waals surface area contributed by atoms with Crippen molar-refractivity contribution >= 4 is 5.91 Å². The van der Waals surface area contributed by atoms with Gasteiger partial charge in [0.15, 0.2) is 0 Å². The highest BCUT2D eigenvalue weighted by atomic mass is 16.3. The van der Waals surface area contributed by atoms with E-state index in [-0.39, 0.29) is 6.61 Å². The molecule has 0 aromatic rings. The van der Waals surface area contributed by atoms with Gasteiger partial charge in [-0.25, -0.2) is 0 Å². The van der Waals surface area contributed by atoms with Crippen LogP contribution in [0.25, 0.3) is 0 Å². The fourth-order valence-electron chi connectivity index (χ4n) is 4.34. The number of rotatable bonds is 3. The molecule has 2 saturated carbocycles. The predicted octanol–water partition coefficient (Wildman–Crippen LogP) is 0.949. The van der Waals surface area contributed by atoms with E-state index in [0.717, 1.165) is 51.5 Å². The monoisotopic (exact) mass is 266 g/mol. The third-order valence-corrected chi connectivity index (χ3v) is 5.37. The fourth-order valence-corrected chi connectivity index (χ4v) is 4.34. The van der Waals surface area contributed by atoms with Crippen LogP contribution < -0.4 is 0 Å². The molecule has 3 atom stereocenters. The molecule has 4 heteroatoms. The second-order valence-electron chi connectivity index (χ2n) is 6.53. The van der Waals surface area contributed by atoms with Gasteiger partial charge in [0.25, 0.3) is 0 Å². The summed E-state index contributed by atoms with van der Waals surface area (Å²) in [6, 6.07) is 0. The first-order valence-electron chi connectivity index (χ1n) is 7.90. The van der Waals surface area contributed by atoms with Gasteiger partial charge in [-0.3, -0.25) is 9.69 Å². The summed E-state index contributed by atoms with van der Waals surface area (Å²) < 4.78 is 0. The maximum atomic E-state index is 12.7. The van der Waals surface area contributed by atoms with E-state index >= 15 is 0 Å². The number of aliphatic hydroxyl groups is 1. The highest BCUT2D eigenvalue weighted by Gasteiger charge is 2.44. The van der Waals surface area contributed by atoms with Crippen molar-refractivity contribution in [1.29, 1.82) is 0 Å². The number of hydrogen-bond acceptors (Lipinski definition) is 3. The van der Waals surface area contributed by atoms with Gasteiger partial charge in [-0.2, -0.15) is 0 Å². The van der Waals surface area contributed by atoms with E-state index in [9.17, 15) is 4.79 Å². The van der Waals surface area contributed by atoms with Crippen molar-refractivity contribution in [2.45, 2.75) is 32.1 Å². The summed E-state index contributed by atoms with van der Waals surface area (Å²) in [5, 5.41) is 9.01. The van der Waals surface area contributed by atoms with E-state index in [1.54, 1.807) is 0 Å². The Balaban J connectivity index is 1.55. The van der Waals surface area contributed by atoms with Crippen LogP contribution in [0.3, 0.4) is 0 Å². The lowest BCUT2D eigenvalue weighted by Gasteiger charge is -2.28. The molecule has 1 heterocycles. The van der Waals surface area contributed by atoms with Gasteiger partial charge in [0.1, 0.15) is 0 Å². The van der Waals surface area contributed by atoms with Gasteiger partial charge >= 0.3 is 0 Å². The molecular formula is C15H26N2O2. The minimum Gasteiger partial charge on any atom is -0.395 e. The number of β-amino-alcohol motifs (C(OH)–C–C–N with tert-alkyl or cyclic N) is 1. The molecule has 2 aliphatic carbocycles. The van der Waals surface area contributed by atoms with Crippen molar-refractivity contribution in [3.8, 4) is 0 Å². The zero-order valence-electron chi connectivity index (χ0n) is 11.8. The average molecular weight is 266 g/mol. The van der Waals surface area contributed by atoms with E-state index in [1.807, 2.05) is 0 Å². The van der Waals surface area contributed by atoms with Crippen LogP contribution in [0.15, 0.2) is 0 Å². The van der Waals surface area contributed by atoms with E-state index in [2.05, 4.69) is 9.80 Å². The van der Waals surface area contributed by atoms with Crippen molar-refractivity contribution in [3.05, 3.63) is 0 Å². The molecule has 2 bridgehead atoms. The average Bonchev–Trinajstić information content (AvgIpc) is 2.97. The van der Waals surface area contributed by atoms with Crippen LogP contribution >= 0.6 is 0 Å². The standard InChI is InChI=1S/C15H26N2O2/c18-9-8-16-4-1-5-17(7-6-16)15(19)14-11-12-2-3-13(14)10-12/h12-14,18H,1-11H2. The molecule has 1 N–H and O–H groups in total. The van der Waals surface area contributed by atoms with Gasteiger partial charge < -0.3 is 10.0 Å². The Morgan fingerprint density at radius 1 is 1.11 bits per heavy atom. The van der Waals surface area contributed by atoms with Gasteiger partial charge in [0.05, 0.1) is 6.61 Å². The molecule has 1 aliphatic heterocycles. The summed E-state index contributed by atoms with van der Waals surface area (Å²) in [6.45, 7) is 4.67. The first kappa shape index (κ1) is 13.4. The van der Waals surface area contributed by atoms with Crippen LogP contribution in [-0.4, -0.2) is 60.1 Å². The van der Waals surface area contributed by atoms with Gasteiger partial charge in [0.2, 0.25) is 5.91 Å². The molecule has 4 nitrogen and oxygen atoms in total. The minimum absolute atomic E-state index is 0.223. The van der Waals surface area contributed by atoms with Crippen molar-refractivity contribution in [2.75, 3.05) is 39.3 Å². The van der Waals surface area contributed by atoms with Crippen LogP contribution in [0.5, 0.6) is 0 Å². The zero-order chi connectivity index (χ0) is 13.2. The van der Waals surface area contributed by atoms with Crippen molar-refractivity contribution in [3.63, 3.8) is 0 Å². The topological polar surface area (TPSA) is 43.8 Å². The summed E-state index contributed by atoms with van der Waals surface area (Å²) in [5.74, 6) is 2.30. The smallest absolute Gasteiger partial charge is 0.226 e. The molecule has 1 saturated heterocycles. The highest BCUT2D eigenvalue weighted by molar-refractivity contribution is 5.79. The van der Waals surface area contributed by atoms with Crippen LogP contribution in [-0.2, 0) is 4.79 Å². The summed E-state index contributed by atoms with van der Waals surface area (Å²) in [7, 11) is 0. The van der Waals surface area contributed by atoms with Gasteiger partial charge in [-0.15, -0.1) is 0 Å². The first-order valence-corrected chi connectivity index (χ1v) is 7.90. The summed E-state index contributed by atoms with van der Waals surface area (Å²) in [5.41, 5.74) is 0. The van der Waals surface area contributed by atoms with Gasteiger partial charge in [-0.05, 0) is 44.1 Å². The number of carbonyl (C=O) groups excluding carboxylic acids is 1. The fraction of sp³-hybridized carbons (Fsp3) is 0.933. The van der Waals surface area contributed by atoms with Crippen LogP contribution in [0, 0.1) is 17.8 Å². The molecule has 3 rings (SSSR count). The minimum atomic E-state index is 0.223.